The van der Waals surface area contributed by atoms with E-state index in [1.807, 2.05) is 0 Å². The second kappa shape index (κ2) is 6.47. The van der Waals surface area contributed by atoms with Crippen molar-refractivity contribution in [2.75, 3.05) is 12.4 Å². The molecular formula is C13H17N3OS. The first-order chi connectivity index (χ1) is 8.81. The molecule has 0 fully saturated rings. The highest BCUT2D eigenvalue weighted by atomic mass is 32.1. The van der Waals surface area contributed by atoms with Crippen LogP contribution in [0, 0.1) is 0 Å². The van der Waals surface area contributed by atoms with E-state index in [1.54, 1.807) is 18.4 Å². The SMILES string of the molecule is CCc1nnc(NCc2ccc(COC)cc2)s1. The second-order valence-corrected chi connectivity index (χ2v) is 5.02. The summed E-state index contributed by atoms with van der Waals surface area (Å²) in [5.41, 5.74) is 2.41. The van der Waals surface area contributed by atoms with Crippen molar-refractivity contribution < 1.29 is 4.74 Å². The Balaban J connectivity index is 1.89. The number of nitrogens with one attached hydrogen (secondary N) is 1. The molecule has 0 unspecified atom stereocenters. The van der Waals surface area contributed by atoms with Crippen molar-refractivity contribution in [3.8, 4) is 0 Å². The highest BCUT2D eigenvalue weighted by Crippen LogP contribution is 2.16. The van der Waals surface area contributed by atoms with Crippen LogP contribution in [0.2, 0.25) is 0 Å². The fourth-order valence-corrected chi connectivity index (χ4v) is 2.24. The fourth-order valence-electron chi connectivity index (χ4n) is 1.57. The number of methoxy groups -OCH3 is 1. The normalized spacial score (nSPS) is 10.6. The largest absolute Gasteiger partial charge is 0.380 e. The summed E-state index contributed by atoms with van der Waals surface area (Å²) in [6, 6.07) is 8.36. The molecule has 0 aliphatic rings. The molecule has 1 aromatic carbocycles. The lowest BCUT2D eigenvalue weighted by molar-refractivity contribution is 0.185. The van der Waals surface area contributed by atoms with Crippen LogP contribution >= 0.6 is 11.3 Å². The van der Waals surface area contributed by atoms with E-state index in [9.17, 15) is 0 Å². The van der Waals surface area contributed by atoms with Crippen molar-refractivity contribution in [2.45, 2.75) is 26.5 Å². The number of hydrogen-bond acceptors (Lipinski definition) is 5. The lowest BCUT2D eigenvalue weighted by Crippen LogP contribution is -1.99. The average Bonchev–Trinajstić information content (AvgIpc) is 2.86. The van der Waals surface area contributed by atoms with Gasteiger partial charge in [-0.1, -0.05) is 42.5 Å². The lowest BCUT2D eigenvalue weighted by atomic mass is 10.1. The van der Waals surface area contributed by atoms with Gasteiger partial charge in [-0.15, -0.1) is 10.2 Å². The van der Waals surface area contributed by atoms with Crippen LogP contribution in [-0.2, 0) is 24.3 Å². The number of ether oxygens (including phenoxy) is 1. The van der Waals surface area contributed by atoms with Crippen molar-refractivity contribution in [1.29, 1.82) is 0 Å². The van der Waals surface area contributed by atoms with Crippen LogP contribution in [0.1, 0.15) is 23.1 Å². The van der Waals surface area contributed by atoms with Gasteiger partial charge in [-0.05, 0) is 17.5 Å². The van der Waals surface area contributed by atoms with Gasteiger partial charge in [0.25, 0.3) is 0 Å². The number of nitrogens with zero attached hydrogens (tertiary/aromatic N) is 2. The summed E-state index contributed by atoms with van der Waals surface area (Å²) < 4.78 is 5.08. The van der Waals surface area contributed by atoms with Gasteiger partial charge in [0.2, 0.25) is 5.13 Å². The number of aryl methyl sites for hydroxylation is 1. The first-order valence-corrected chi connectivity index (χ1v) is 6.76. The van der Waals surface area contributed by atoms with Gasteiger partial charge in [0, 0.05) is 13.7 Å². The van der Waals surface area contributed by atoms with Gasteiger partial charge >= 0.3 is 0 Å². The number of hydrogen-bond donors (Lipinski definition) is 1. The van der Waals surface area contributed by atoms with E-state index in [-0.39, 0.29) is 0 Å². The second-order valence-electron chi connectivity index (χ2n) is 3.96. The first kappa shape index (κ1) is 13.0. The van der Waals surface area contributed by atoms with Gasteiger partial charge < -0.3 is 10.1 Å². The minimum absolute atomic E-state index is 0.657. The molecule has 0 aliphatic heterocycles. The molecule has 2 rings (SSSR count). The molecule has 0 saturated heterocycles. The van der Waals surface area contributed by atoms with Gasteiger partial charge in [-0.3, -0.25) is 0 Å². The van der Waals surface area contributed by atoms with Crippen LogP contribution < -0.4 is 5.32 Å². The minimum Gasteiger partial charge on any atom is -0.380 e. The van der Waals surface area contributed by atoms with Gasteiger partial charge in [0.05, 0.1) is 6.61 Å². The van der Waals surface area contributed by atoms with Crippen molar-refractivity contribution >= 4 is 16.5 Å². The number of anilines is 1. The predicted molar refractivity (Wildman–Crippen MR) is 73.8 cm³/mol. The summed E-state index contributed by atoms with van der Waals surface area (Å²) >= 11 is 1.61. The summed E-state index contributed by atoms with van der Waals surface area (Å²) in [6.45, 7) is 3.51. The molecule has 0 aliphatic carbocycles. The third-order valence-electron chi connectivity index (χ3n) is 2.55. The maximum absolute atomic E-state index is 5.08. The lowest BCUT2D eigenvalue weighted by Gasteiger charge is -2.04. The molecule has 0 amide bonds. The minimum atomic E-state index is 0.657. The van der Waals surface area contributed by atoms with Crippen molar-refractivity contribution in [3.05, 3.63) is 40.4 Å². The molecule has 1 aromatic heterocycles. The molecular weight excluding hydrogens is 246 g/mol. The number of benzene rings is 1. The molecule has 96 valence electrons. The van der Waals surface area contributed by atoms with E-state index < -0.39 is 0 Å². The summed E-state index contributed by atoms with van der Waals surface area (Å²) in [4.78, 5) is 0. The van der Waals surface area contributed by atoms with Crippen molar-refractivity contribution in [3.63, 3.8) is 0 Å². The van der Waals surface area contributed by atoms with Crippen LogP contribution in [0.3, 0.4) is 0 Å². The Kier molecular flexibility index (Phi) is 4.66. The topological polar surface area (TPSA) is 47.0 Å². The average molecular weight is 263 g/mol. The zero-order valence-electron chi connectivity index (χ0n) is 10.6. The van der Waals surface area contributed by atoms with Crippen molar-refractivity contribution in [2.24, 2.45) is 0 Å². The molecule has 18 heavy (non-hydrogen) atoms. The molecule has 5 heteroatoms. The Labute approximate surface area is 111 Å². The fraction of sp³-hybridized carbons (Fsp3) is 0.385. The Bertz CT molecular complexity index is 481. The quantitative estimate of drug-likeness (QED) is 0.870. The van der Waals surface area contributed by atoms with Crippen molar-refractivity contribution in [1.82, 2.24) is 10.2 Å². The molecule has 0 spiro atoms. The monoisotopic (exact) mass is 263 g/mol. The van der Waals surface area contributed by atoms with Crippen LogP contribution in [0.5, 0.6) is 0 Å². The van der Waals surface area contributed by atoms with E-state index in [1.165, 1.54) is 11.1 Å². The maximum Gasteiger partial charge on any atom is 0.205 e. The van der Waals surface area contributed by atoms with E-state index in [2.05, 4.69) is 46.7 Å². The zero-order valence-corrected chi connectivity index (χ0v) is 11.5. The molecule has 4 nitrogen and oxygen atoms in total. The van der Waals surface area contributed by atoms with Crippen LogP contribution in [0.25, 0.3) is 0 Å². The van der Waals surface area contributed by atoms with E-state index in [0.29, 0.717) is 6.61 Å². The Morgan fingerprint density at radius 2 is 1.89 bits per heavy atom. The van der Waals surface area contributed by atoms with Gasteiger partial charge in [-0.2, -0.15) is 0 Å². The highest BCUT2D eigenvalue weighted by Gasteiger charge is 2.01. The molecule has 1 N–H and O–H groups in total. The Morgan fingerprint density at radius 1 is 1.17 bits per heavy atom. The molecule has 2 aromatic rings. The number of rotatable bonds is 6. The highest BCUT2D eigenvalue weighted by molar-refractivity contribution is 7.15. The summed E-state index contributed by atoms with van der Waals surface area (Å²) in [5.74, 6) is 0. The van der Waals surface area contributed by atoms with Crippen LogP contribution in [0.4, 0.5) is 5.13 Å². The maximum atomic E-state index is 5.08. The molecule has 0 saturated carbocycles. The molecule has 0 atom stereocenters. The first-order valence-electron chi connectivity index (χ1n) is 5.95. The van der Waals surface area contributed by atoms with Gasteiger partial charge in [-0.25, -0.2) is 0 Å². The standard InChI is InChI=1S/C13H17N3OS/c1-3-12-15-16-13(18-12)14-8-10-4-6-11(7-5-10)9-17-2/h4-7H,3,8-9H2,1-2H3,(H,14,16). The zero-order chi connectivity index (χ0) is 12.8. The third kappa shape index (κ3) is 3.51. The van der Waals surface area contributed by atoms with Gasteiger partial charge in [0.15, 0.2) is 0 Å². The number of aromatic nitrogens is 2. The molecule has 0 radical (unpaired) electrons. The van der Waals surface area contributed by atoms with Crippen LogP contribution in [-0.4, -0.2) is 17.3 Å². The smallest absolute Gasteiger partial charge is 0.205 e. The van der Waals surface area contributed by atoms with Gasteiger partial charge in [0.1, 0.15) is 5.01 Å². The van der Waals surface area contributed by atoms with E-state index in [4.69, 9.17) is 4.74 Å². The summed E-state index contributed by atoms with van der Waals surface area (Å²) in [7, 11) is 1.70. The molecule has 1 heterocycles. The predicted octanol–water partition coefficient (Wildman–Crippen LogP) is 2.86. The Hall–Kier alpha value is -1.46. The van der Waals surface area contributed by atoms with E-state index >= 15 is 0 Å². The summed E-state index contributed by atoms with van der Waals surface area (Å²) in [5, 5.41) is 13.4. The molecule has 0 bridgehead atoms. The van der Waals surface area contributed by atoms with E-state index in [0.717, 1.165) is 23.1 Å². The Morgan fingerprint density at radius 3 is 2.50 bits per heavy atom. The van der Waals surface area contributed by atoms with Crippen LogP contribution in [0.15, 0.2) is 24.3 Å². The summed E-state index contributed by atoms with van der Waals surface area (Å²) in [6.07, 6.45) is 0.936. The third-order valence-corrected chi connectivity index (χ3v) is 3.57.